The van der Waals surface area contributed by atoms with Crippen molar-refractivity contribution < 1.29 is 9.53 Å². The van der Waals surface area contributed by atoms with E-state index >= 15 is 0 Å². The summed E-state index contributed by atoms with van der Waals surface area (Å²) in [6, 6.07) is 19.6. The second-order valence-corrected chi connectivity index (χ2v) is 6.85. The summed E-state index contributed by atoms with van der Waals surface area (Å²) in [6.07, 6.45) is 0.711. The first-order valence-electron chi connectivity index (χ1n) is 9.63. The summed E-state index contributed by atoms with van der Waals surface area (Å²) >= 11 is 0. The van der Waals surface area contributed by atoms with E-state index in [-0.39, 0.29) is 11.9 Å². The molecule has 0 radical (unpaired) electrons. The predicted octanol–water partition coefficient (Wildman–Crippen LogP) is 3.94. The van der Waals surface area contributed by atoms with E-state index in [9.17, 15) is 4.79 Å². The van der Waals surface area contributed by atoms with E-state index in [0.717, 1.165) is 22.6 Å². The number of methoxy groups -OCH3 is 1. The van der Waals surface area contributed by atoms with E-state index in [1.807, 2.05) is 68.4 Å². The average Bonchev–Trinajstić information content (AvgIpc) is 2.74. The smallest absolute Gasteiger partial charge is 0.270 e. The van der Waals surface area contributed by atoms with Crippen molar-refractivity contribution in [2.45, 2.75) is 26.3 Å². The fourth-order valence-corrected chi connectivity index (χ4v) is 3.01. The first kappa shape index (κ1) is 20.3. The van der Waals surface area contributed by atoms with Gasteiger partial charge in [-0.05, 0) is 49.6 Å². The van der Waals surface area contributed by atoms with Crippen molar-refractivity contribution in [3.05, 3.63) is 83.2 Å². The molecule has 0 bridgehead atoms. The van der Waals surface area contributed by atoms with Crippen LogP contribution >= 0.6 is 0 Å². The van der Waals surface area contributed by atoms with E-state index in [2.05, 4.69) is 20.6 Å². The Morgan fingerprint density at radius 3 is 2.62 bits per heavy atom. The topological polar surface area (TPSA) is 76.1 Å². The molecule has 0 fully saturated rings. The van der Waals surface area contributed by atoms with Gasteiger partial charge in [0.15, 0.2) is 0 Å². The average molecular weight is 390 g/mol. The lowest BCUT2D eigenvalue weighted by Gasteiger charge is -2.15. The van der Waals surface area contributed by atoms with E-state index in [1.54, 1.807) is 13.2 Å². The Bertz CT molecular complexity index is 960. The highest BCUT2D eigenvalue weighted by molar-refractivity contribution is 5.92. The molecule has 2 aromatic carbocycles. The fourth-order valence-electron chi connectivity index (χ4n) is 3.01. The molecule has 3 rings (SSSR count). The molecule has 1 aromatic heterocycles. The van der Waals surface area contributed by atoms with Gasteiger partial charge >= 0.3 is 0 Å². The van der Waals surface area contributed by atoms with Crippen molar-refractivity contribution in [1.29, 1.82) is 0 Å². The van der Waals surface area contributed by atoms with E-state index < -0.39 is 0 Å². The van der Waals surface area contributed by atoms with Crippen LogP contribution in [0.2, 0.25) is 0 Å². The van der Waals surface area contributed by atoms with Gasteiger partial charge in [-0.2, -0.15) is 0 Å². The highest BCUT2D eigenvalue weighted by atomic mass is 16.5. The molecule has 1 unspecified atom stereocenters. The molecular weight excluding hydrogens is 364 g/mol. The first-order chi connectivity index (χ1) is 14.0. The molecule has 150 valence electrons. The quantitative estimate of drug-likeness (QED) is 0.609. The Kier molecular flexibility index (Phi) is 6.79. The number of anilines is 1. The highest BCUT2D eigenvalue weighted by Gasteiger charge is 2.12. The predicted molar refractivity (Wildman–Crippen MR) is 114 cm³/mol. The SMILES string of the molecule is COc1cccc(CCNC(=O)c2cc(C)nc(NC(C)c3ccccc3)n2)c1. The molecule has 0 saturated heterocycles. The highest BCUT2D eigenvalue weighted by Crippen LogP contribution is 2.17. The van der Waals surface area contributed by atoms with Gasteiger partial charge in [-0.3, -0.25) is 4.79 Å². The van der Waals surface area contributed by atoms with E-state index in [1.165, 1.54) is 0 Å². The zero-order chi connectivity index (χ0) is 20.6. The molecule has 0 aliphatic heterocycles. The van der Waals surface area contributed by atoms with Crippen LogP contribution in [-0.2, 0) is 6.42 Å². The molecule has 0 aliphatic carbocycles. The zero-order valence-electron chi connectivity index (χ0n) is 17.0. The summed E-state index contributed by atoms with van der Waals surface area (Å²) in [6.45, 7) is 4.40. The molecule has 1 amide bonds. The number of carbonyl (C=O) groups is 1. The second kappa shape index (κ2) is 9.68. The molecule has 1 heterocycles. The van der Waals surface area contributed by atoms with Crippen molar-refractivity contribution in [3.8, 4) is 5.75 Å². The Labute approximate surface area is 171 Å². The molecule has 0 saturated carbocycles. The van der Waals surface area contributed by atoms with Crippen molar-refractivity contribution in [2.24, 2.45) is 0 Å². The Morgan fingerprint density at radius 1 is 1.07 bits per heavy atom. The minimum atomic E-state index is -0.214. The van der Waals surface area contributed by atoms with Gasteiger partial charge in [-0.1, -0.05) is 42.5 Å². The number of hydrogen-bond acceptors (Lipinski definition) is 5. The standard InChI is InChI=1S/C23H26N4O2/c1-16-14-21(22(28)24-13-12-18-8-7-11-20(15-18)29-3)27-23(25-16)26-17(2)19-9-5-4-6-10-19/h4-11,14-15,17H,12-13H2,1-3H3,(H,24,28)(H,25,26,27). The second-order valence-electron chi connectivity index (χ2n) is 6.85. The lowest BCUT2D eigenvalue weighted by molar-refractivity contribution is 0.0949. The maximum Gasteiger partial charge on any atom is 0.270 e. The molecule has 2 N–H and O–H groups in total. The number of benzene rings is 2. The number of ether oxygens (including phenoxy) is 1. The van der Waals surface area contributed by atoms with E-state index in [0.29, 0.717) is 24.6 Å². The summed E-state index contributed by atoms with van der Waals surface area (Å²) in [4.78, 5) is 21.4. The monoisotopic (exact) mass is 390 g/mol. The third-order valence-corrected chi connectivity index (χ3v) is 4.57. The van der Waals surface area contributed by atoms with Crippen molar-refractivity contribution in [2.75, 3.05) is 19.0 Å². The Balaban J connectivity index is 1.61. The first-order valence-corrected chi connectivity index (χ1v) is 9.63. The minimum absolute atomic E-state index is 0.0296. The van der Waals surface area contributed by atoms with Gasteiger partial charge < -0.3 is 15.4 Å². The molecule has 0 aliphatic rings. The van der Waals surface area contributed by atoms with Crippen molar-refractivity contribution in [1.82, 2.24) is 15.3 Å². The van der Waals surface area contributed by atoms with Crippen LogP contribution < -0.4 is 15.4 Å². The number of nitrogens with one attached hydrogen (secondary N) is 2. The molecule has 6 heteroatoms. The van der Waals surface area contributed by atoms with Crippen LogP contribution in [0, 0.1) is 6.92 Å². The summed E-state index contributed by atoms with van der Waals surface area (Å²) in [5.74, 6) is 1.04. The van der Waals surface area contributed by atoms with Crippen LogP contribution in [0.4, 0.5) is 5.95 Å². The number of hydrogen-bond donors (Lipinski definition) is 2. The number of aromatic nitrogens is 2. The maximum absolute atomic E-state index is 12.6. The van der Waals surface area contributed by atoms with Crippen LogP contribution in [0.25, 0.3) is 0 Å². The van der Waals surface area contributed by atoms with Crippen LogP contribution in [0.1, 0.15) is 40.3 Å². The van der Waals surface area contributed by atoms with Gasteiger partial charge in [0.05, 0.1) is 13.2 Å². The molecule has 29 heavy (non-hydrogen) atoms. The van der Waals surface area contributed by atoms with Gasteiger partial charge in [-0.15, -0.1) is 0 Å². The maximum atomic E-state index is 12.6. The normalized spacial score (nSPS) is 11.6. The van der Waals surface area contributed by atoms with Crippen molar-refractivity contribution >= 4 is 11.9 Å². The van der Waals surface area contributed by atoms with Crippen LogP contribution in [-0.4, -0.2) is 29.5 Å². The Hall–Kier alpha value is -3.41. The molecular formula is C23H26N4O2. The van der Waals surface area contributed by atoms with Gasteiger partial charge in [-0.25, -0.2) is 9.97 Å². The largest absolute Gasteiger partial charge is 0.497 e. The zero-order valence-corrected chi connectivity index (χ0v) is 17.0. The third-order valence-electron chi connectivity index (χ3n) is 4.57. The third kappa shape index (κ3) is 5.78. The summed E-state index contributed by atoms with van der Waals surface area (Å²) in [5, 5.41) is 6.20. The molecule has 6 nitrogen and oxygen atoms in total. The minimum Gasteiger partial charge on any atom is -0.497 e. The van der Waals surface area contributed by atoms with E-state index in [4.69, 9.17) is 4.74 Å². The number of carbonyl (C=O) groups excluding carboxylic acids is 1. The summed E-state index contributed by atoms with van der Waals surface area (Å²) in [5.41, 5.74) is 3.32. The van der Waals surface area contributed by atoms with Crippen molar-refractivity contribution in [3.63, 3.8) is 0 Å². The number of rotatable bonds is 8. The van der Waals surface area contributed by atoms with Crippen LogP contribution in [0.15, 0.2) is 60.7 Å². The fraction of sp³-hybridized carbons (Fsp3) is 0.261. The lowest BCUT2D eigenvalue weighted by atomic mass is 10.1. The lowest BCUT2D eigenvalue weighted by Crippen LogP contribution is -2.27. The molecule has 0 spiro atoms. The summed E-state index contributed by atoms with van der Waals surface area (Å²) in [7, 11) is 1.64. The van der Waals surface area contributed by atoms with Crippen LogP contribution in [0.5, 0.6) is 5.75 Å². The van der Waals surface area contributed by atoms with Crippen LogP contribution in [0.3, 0.4) is 0 Å². The molecule has 3 aromatic rings. The van der Waals surface area contributed by atoms with Gasteiger partial charge in [0.2, 0.25) is 5.95 Å². The van der Waals surface area contributed by atoms with Gasteiger partial charge in [0, 0.05) is 12.2 Å². The van der Waals surface area contributed by atoms with Gasteiger partial charge in [0.1, 0.15) is 11.4 Å². The van der Waals surface area contributed by atoms with Gasteiger partial charge in [0.25, 0.3) is 5.91 Å². The molecule has 1 atom stereocenters. The summed E-state index contributed by atoms with van der Waals surface area (Å²) < 4.78 is 5.23. The Morgan fingerprint density at radius 2 is 1.86 bits per heavy atom. The number of aryl methyl sites for hydroxylation is 1. The number of amides is 1. The number of nitrogens with zero attached hydrogens (tertiary/aromatic N) is 2.